The Bertz CT molecular complexity index is 677. The van der Waals surface area contributed by atoms with Gasteiger partial charge in [-0.15, -0.1) is 0 Å². The van der Waals surface area contributed by atoms with E-state index in [0.29, 0.717) is 24.7 Å². The molecule has 0 aromatic heterocycles. The molecule has 2 saturated heterocycles. The molecule has 3 rings (SSSR count). The van der Waals surface area contributed by atoms with E-state index in [1.165, 1.54) is 6.07 Å². The predicted molar refractivity (Wildman–Crippen MR) is 82.8 cm³/mol. The first-order valence-electron chi connectivity index (χ1n) is 7.56. The topological polar surface area (TPSA) is 76.4 Å². The molecule has 7 heteroatoms. The lowest BCUT2D eigenvalue weighted by Gasteiger charge is -2.32. The fraction of sp³-hybridized carbons (Fsp3) is 0.533. The van der Waals surface area contributed by atoms with Gasteiger partial charge in [0.2, 0.25) is 10.0 Å². The first kappa shape index (κ1) is 15.4. The molecule has 2 heterocycles. The summed E-state index contributed by atoms with van der Waals surface area (Å²) in [5.74, 6) is 0. The molecule has 0 amide bonds. The lowest BCUT2D eigenvalue weighted by Crippen LogP contribution is -2.49. The fourth-order valence-corrected chi connectivity index (χ4v) is 4.69. The number of nitriles is 1. The van der Waals surface area contributed by atoms with Crippen LogP contribution < -0.4 is 5.32 Å². The highest BCUT2D eigenvalue weighted by Gasteiger charge is 2.35. The molecule has 2 aliphatic rings. The summed E-state index contributed by atoms with van der Waals surface area (Å²) < 4.78 is 27.0. The van der Waals surface area contributed by atoms with Gasteiger partial charge in [0, 0.05) is 45.3 Å². The van der Waals surface area contributed by atoms with Crippen molar-refractivity contribution in [1.29, 1.82) is 5.26 Å². The number of piperazine rings is 1. The van der Waals surface area contributed by atoms with Gasteiger partial charge in [-0.3, -0.25) is 4.90 Å². The molecule has 0 bridgehead atoms. The van der Waals surface area contributed by atoms with Crippen LogP contribution in [0.15, 0.2) is 29.2 Å². The molecular formula is C15H20N4O2S. The van der Waals surface area contributed by atoms with E-state index in [4.69, 9.17) is 5.26 Å². The van der Waals surface area contributed by atoms with Gasteiger partial charge >= 0.3 is 0 Å². The molecule has 0 aliphatic carbocycles. The average Bonchev–Trinajstić information content (AvgIpc) is 3.06. The van der Waals surface area contributed by atoms with E-state index in [1.807, 2.05) is 6.07 Å². The summed E-state index contributed by atoms with van der Waals surface area (Å²) in [6.07, 6.45) is 0.872. The van der Waals surface area contributed by atoms with Crippen LogP contribution in [-0.2, 0) is 10.0 Å². The number of hydrogen-bond acceptors (Lipinski definition) is 5. The molecule has 1 unspecified atom stereocenters. The molecule has 0 spiro atoms. The summed E-state index contributed by atoms with van der Waals surface area (Å²) in [5, 5.41) is 12.2. The SMILES string of the molecule is N#Cc1cccc(S(=O)(=O)N2CCC(N3CCNCC3)C2)c1. The van der Waals surface area contributed by atoms with Gasteiger partial charge in [-0.2, -0.15) is 9.57 Å². The summed E-state index contributed by atoms with van der Waals surface area (Å²) in [6, 6.07) is 8.55. The molecule has 1 aromatic rings. The fourth-order valence-electron chi connectivity index (χ4n) is 3.15. The standard InChI is InChI=1S/C15H20N4O2S/c16-11-13-2-1-3-15(10-13)22(20,21)19-7-4-14(12-19)18-8-5-17-6-9-18/h1-3,10,14,17H,4-9,12H2. The minimum atomic E-state index is -3.50. The van der Waals surface area contributed by atoms with E-state index < -0.39 is 10.0 Å². The summed E-state index contributed by atoms with van der Waals surface area (Å²) in [5.41, 5.74) is 0.374. The zero-order valence-electron chi connectivity index (χ0n) is 12.4. The van der Waals surface area contributed by atoms with Crippen molar-refractivity contribution in [3.05, 3.63) is 29.8 Å². The van der Waals surface area contributed by atoms with Crippen LogP contribution in [0.5, 0.6) is 0 Å². The molecule has 22 heavy (non-hydrogen) atoms. The molecule has 6 nitrogen and oxygen atoms in total. The molecule has 2 fully saturated rings. The smallest absolute Gasteiger partial charge is 0.243 e. The van der Waals surface area contributed by atoms with Gasteiger partial charge in [-0.25, -0.2) is 8.42 Å². The second-order valence-corrected chi connectivity index (χ2v) is 7.67. The normalized spacial score (nSPS) is 24.2. The van der Waals surface area contributed by atoms with Crippen LogP contribution in [0.3, 0.4) is 0 Å². The third-order valence-corrected chi connectivity index (χ3v) is 6.26. The summed E-state index contributed by atoms with van der Waals surface area (Å²) >= 11 is 0. The minimum Gasteiger partial charge on any atom is -0.314 e. The number of nitrogens with one attached hydrogen (secondary N) is 1. The van der Waals surface area contributed by atoms with E-state index in [0.717, 1.165) is 32.6 Å². The zero-order valence-corrected chi connectivity index (χ0v) is 13.2. The van der Waals surface area contributed by atoms with Crippen LogP contribution in [-0.4, -0.2) is 62.9 Å². The number of rotatable bonds is 3. The van der Waals surface area contributed by atoms with Gasteiger partial charge < -0.3 is 5.32 Å². The maximum atomic E-state index is 12.7. The molecule has 1 aromatic carbocycles. The Morgan fingerprint density at radius 3 is 2.73 bits per heavy atom. The van der Waals surface area contributed by atoms with Crippen LogP contribution in [0.4, 0.5) is 0 Å². The van der Waals surface area contributed by atoms with E-state index in [-0.39, 0.29) is 4.90 Å². The van der Waals surface area contributed by atoms with Crippen molar-refractivity contribution in [2.45, 2.75) is 17.4 Å². The number of benzene rings is 1. The van der Waals surface area contributed by atoms with E-state index >= 15 is 0 Å². The quantitative estimate of drug-likeness (QED) is 0.862. The van der Waals surface area contributed by atoms with Crippen molar-refractivity contribution < 1.29 is 8.42 Å². The number of sulfonamides is 1. The third kappa shape index (κ3) is 3.01. The first-order valence-corrected chi connectivity index (χ1v) is 9.00. The van der Waals surface area contributed by atoms with Crippen LogP contribution in [0.2, 0.25) is 0 Å². The van der Waals surface area contributed by atoms with Gasteiger partial charge in [-0.05, 0) is 24.6 Å². The third-order valence-electron chi connectivity index (χ3n) is 4.40. The van der Waals surface area contributed by atoms with Crippen LogP contribution in [0.1, 0.15) is 12.0 Å². The van der Waals surface area contributed by atoms with Crippen molar-refractivity contribution in [3.63, 3.8) is 0 Å². The van der Waals surface area contributed by atoms with Crippen LogP contribution in [0, 0.1) is 11.3 Å². The Balaban J connectivity index is 1.74. The second-order valence-electron chi connectivity index (χ2n) is 5.73. The lowest BCUT2D eigenvalue weighted by molar-refractivity contribution is 0.179. The van der Waals surface area contributed by atoms with Crippen molar-refractivity contribution in [1.82, 2.24) is 14.5 Å². The Kier molecular flexibility index (Phi) is 4.45. The maximum Gasteiger partial charge on any atom is 0.243 e. The van der Waals surface area contributed by atoms with Crippen LogP contribution in [0.25, 0.3) is 0 Å². The lowest BCUT2D eigenvalue weighted by atomic mass is 10.2. The molecule has 1 atom stereocenters. The molecule has 0 saturated carbocycles. The monoisotopic (exact) mass is 320 g/mol. The Morgan fingerprint density at radius 1 is 1.23 bits per heavy atom. The Morgan fingerprint density at radius 2 is 2.00 bits per heavy atom. The van der Waals surface area contributed by atoms with Crippen molar-refractivity contribution in [3.8, 4) is 6.07 Å². The highest BCUT2D eigenvalue weighted by molar-refractivity contribution is 7.89. The van der Waals surface area contributed by atoms with Gasteiger partial charge in [0.25, 0.3) is 0 Å². The van der Waals surface area contributed by atoms with E-state index in [9.17, 15) is 8.42 Å². The molecule has 2 aliphatic heterocycles. The second kappa shape index (κ2) is 6.34. The van der Waals surface area contributed by atoms with Crippen molar-refractivity contribution >= 4 is 10.0 Å². The molecule has 0 radical (unpaired) electrons. The molecule has 1 N–H and O–H groups in total. The average molecular weight is 320 g/mol. The van der Waals surface area contributed by atoms with Gasteiger partial charge in [-0.1, -0.05) is 6.07 Å². The Labute approximate surface area is 131 Å². The van der Waals surface area contributed by atoms with E-state index in [1.54, 1.807) is 22.5 Å². The van der Waals surface area contributed by atoms with Gasteiger partial charge in [0.15, 0.2) is 0 Å². The largest absolute Gasteiger partial charge is 0.314 e. The Hall–Kier alpha value is -1.46. The molecule has 118 valence electrons. The molecular weight excluding hydrogens is 300 g/mol. The highest BCUT2D eigenvalue weighted by Crippen LogP contribution is 2.24. The minimum absolute atomic E-state index is 0.215. The summed E-state index contributed by atoms with van der Waals surface area (Å²) in [6.45, 7) is 4.97. The van der Waals surface area contributed by atoms with Crippen LogP contribution >= 0.6 is 0 Å². The highest BCUT2D eigenvalue weighted by atomic mass is 32.2. The van der Waals surface area contributed by atoms with Crippen molar-refractivity contribution in [2.24, 2.45) is 0 Å². The first-order chi connectivity index (χ1) is 10.6. The van der Waals surface area contributed by atoms with Gasteiger partial charge in [0.05, 0.1) is 16.5 Å². The number of nitrogens with zero attached hydrogens (tertiary/aromatic N) is 3. The van der Waals surface area contributed by atoms with E-state index in [2.05, 4.69) is 10.2 Å². The summed E-state index contributed by atoms with van der Waals surface area (Å²) in [7, 11) is -3.50. The number of hydrogen-bond donors (Lipinski definition) is 1. The zero-order chi connectivity index (χ0) is 15.6. The summed E-state index contributed by atoms with van der Waals surface area (Å²) in [4.78, 5) is 2.59. The van der Waals surface area contributed by atoms with Crippen molar-refractivity contribution in [2.75, 3.05) is 39.3 Å². The maximum absolute atomic E-state index is 12.7. The van der Waals surface area contributed by atoms with Gasteiger partial charge in [0.1, 0.15) is 0 Å². The predicted octanol–water partition coefficient (Wildman–Crippen LogP) is 0.226.